The van der Waals surface area contributed by atoms with Crippen LogP contribution in [0.15, 0.2) is 41.6 Å². The van der Waals surface area contributed by atoms with Crippen molar-refractivity contribution >= 4 is 34.7 Å². The standard InChI is InChI=1S/C16H14ClN3O2S2/c1-20-15(13-8-21-11-4-2-3-5-12(11)22-13)18-19-16(20)23-9-10-6-7-14(17)24-10/h2-7,13H,8-9H2,1H3. The van der Waals surface area contributed by atoms with Crippen LogP contribution < -0.4 is 9.47 Å². The van der Waals surface area contributed by atoms with Crippen molar-refractivity contribution in [3.8, 4) is 11.5 Å². The normalized spacial score (nSPS) is 16.3. The van der Waals surface area contributed by atoms with E-state index in [1.54, 1.807) is 23.1 Å². The smallest absolute Gasteiger partial charge is 0.192 e. The number of hydrogen-bond acceptors (Lipinski definition) is 6. The molecule has 2 aromatic heterocycles. The quantitative estimate of drug-likeness (QED) is 0.631. The van der Waals surface area contributed by atoms with Crippen molar-refractivity contribution in [1.29, 1.82) is 0 Å². The van der Waals surface area contributed by atoms with Crippen LogP contribution in [0.1, 0.15) is 16.8 Å². The van der Waals surface area contributed by atoms with Crippen LogP contribution in [-0.4, -0.2) is 21.4 Å². The maximum absolute atomic E-state index is 6.01. The summed E-state index contributed by atoms with van der Waals surface area (Å²) in [7, 11) is 1.95. The summed E-state index contributed by atoms with van der Waals surface area (Å²) in [5.41, 5.74) is 0. The number of thiophene rings is 1. The molecule has 0 saturated heterocycles. The third kappa shape index (κ3) is 3.11. The Bertz CT molecular complexity index is 865. The molecule has 24 heavy (non-hydrogen) atoms. The van der Waals surface area contributed by atoms with Gasteiger partial charge in [-0.3, -0.25) is 0 Å². The molecular weight excluding hydrogens is 366 g/mol. The molecular formula is C16H14ClN3O2S2. The van der Waals surface area contributed by atoms with E-state index in [9.17, 15) is 0 Å². The monoisotopic (exact) mass is 379 g/mol. The number of benzene rings is 1. The molecule has 0 bridgehead atoms. The van der Waals surface area contributed by atoms with E-state index >= 15 is 0 Å². The SMILES string of the molecule is Cn1c(SCc2ccc(Cl)s2)nnc1C1COc2ccccc2O1. The van der Waals surface area contributed by atoms with Crippen molar-refractivity contribution in [3.63, 3.8) is 0 Å². The molecule has 1 aliphatic heterocycles. The maximum Gasteiger partial charge on any atom is 0.192 e. The van der Waals surface area contributed by atoms with Crippen molar-refractivity contribution in [2.45, 2.75) is 17.0 Å². The molecule has 0 saturated carbocycles. The van der Waals surface area contributed by atoms with Gasteiger partial charge in [-0.15, -0.1) is 21.5 Å². The predicted molar refractivity (Wildman–Crippen MR) is 95.2 cm³/mol. The van der Waals surface area contributed by atoms with Gasteiger partial charge >= 0.3 is 0 Å². The fourth-order valence-corrected chi connectivity index (χ4v) is 4.49. The summed E-state index contributed by atoms with van der Waals surface area (Å²) >= 11 is 9.18. The third-order valence-corrected chi connectivity index (χ3v) is 6.12. The first-order valence-electron chi connectivity index (χ1n) is 7.35. The molecule has 8 heteroatoms. The Morgan fingerprint density at radius 2 is 2.08 bits per heavy atom. The number of rotatable bonds is 4. The average Bonchev–Trinajstić information content (AvgIpc) is 3.18. The van der Waals surface area contributed by atoms with E-state index < -0.39 is 0 Å². The highest BCUT2D eigenvalue weighted by Crippen LogP contribution is 2.36. The van der Waals surface area contributed by atoms with Crippen LogP contribution in [0.3, 0.4) is 0 Å². The Balaban J connectivity index is 1.48. The van der Waals surface area contributed by atoms with E-state index in [0.29, 0.717) is 6.61 Å². The maximum atomic E-state index is 6.01. The summed E-state index contributed by atoms with van der Waals surface area (Å²) in [6.45, 7) is 0.425. The van der Waals surface area contributed by atoms with E-state index in [1.807, 2.05) is 48.0 Å². The zero-order valence-electron chi connectivity index (χ0n) is 12.8. The number of ether oxygens (including phenoxy) is 2. The number of halogens is 1. The van der Waals surface area contributed by atoms with Crippen LogP contribution >= 0.6 is 34.7 Å². The van der Waals surface area contributed by atoms with Gasteiger partial charge in [-0.05, 0) is 24.3 Å². The fraction of sp³-hybridized carbons (Fsp3) is 0.250. The average molecular weight is 380 g/mol. The topological polar surface area (TPSA) is 49.2 Å². The summed E-state index contributed by atoms with van der Waals surface area (Å²) in [5, 5.41) is 9.42. The van der Waals surface area contributed by atoms with Gasteiger partial charge in [0.15, 0.2) is 28.6 Å². The van der Waals surface area contributed by atoms with Crippen LogP contribution in [0, 0.1) is 0 Å². The second-order valence-corrected chi connectivity index (χ2v) is 8.00. The Morgan fingerprint density at radius 3 is 2.88 bits per heavy atom. The van der Waals surface area contributed by atoms with Gasteiger partial charge in [0.25, 0.3) is 0 Å². The summed E-state index contributed by atoms with van der Waals surface area (Å²) in [6.07, 6.45) is -0.261. The minimum Gasteiger partial charge on any atom is -0.485 e. The van der Waals surface area contributed by atoms with Gasteiger partial charge in [-0.1, -0.05) is 35.5 Å². The van der Waals surface area contributed by atoms with Gasteiger partial charge in [0.05, 0.1) is 4.34 Å². The Morgan fingerprint density at radius 1 is 1.25 bits per heavy atom. The molecule has 1 aromatic carbocycles. The molecule has 3 aromatic rings. The highest BCUT2D eigenvalue weighted by atomic mass is 35.5. The zero-order valence-corrected chi connectivity index (χ0v) is 15.2. The highest BCUT2D eigenvalue weighted by molar-refractivity contribution is 7.98. The number of thioether (sulfide) groups is 1. The predicted octanol–water partition coefficient (Wildman–Crippen LogP) is 4.33. The molecule has 1 aliphatic rings. The molecule has 124 valence electrons. The lowest BCUT2D eigenvalue weighted by Gasteiger charge is -2.25. The first kappa shape index (κ1) is 15.8. The molecule has 0 radical (unpaired) electrons. The molecule has 0 amide bonds. The fourth-order valence-electron chi connectivity index (χ4n) is 2.44. The van der Waals surface area contributed by atoms with Gasteiger partial charge in [0.1, 0.15) is 6.61 Å². The van der Waals surface area contributed by atoms with E-state index in [1.165, 1.54) is 4.88 Å². The number of aromatic nitrogens is 3. The van der Waals surface area contributed by atoms with Gasteiger partial charge in [0, 0.05) is 17.7 Å². The largest absolute Gasteiger partial charge is 0.485 e. The molecule has 0 spiro atoms. The molecule has 1 atom stereocenters. The van der Waals surface area contributed by atoms with Crippen molar-refractivity contribution < 1.29 is 9.47 Å². The van der Waals surface area contributed by atoms with Gasteiger partial charge in [-0.25, -0.2) is 0 Å². The van der Waals surface area contributed by atoms with E-state index in [2.05, 4.69) is 10.2 Å². The molecule has 5 nitrogen and oxygen atoms in total. The number of para-hydroxylation sites is 2. The lowest BCUT2D eigenvalue weighted by molar-refractivity contribution is 0.0825. The van der Waals surface area contributed by atoms with Crippen LogP contribution in [0.25, 0.3) is 0 Å². The first-order chi connectivity index (χ1) is 11.7. The number of hydrogen-bond donors (Lipinski definition) is 0. The molecule has 0 fully saturated rings. The molecule has 0 N–H and O–H groups in total. The van der Waals surface area contributed by atoms with Crippen molar-refractivity contribution in [1.82, 2.24) is 14.8 Å². The molecule has 0 aliphatic carbocycles. The molecule has 4 rings (SSSR count). The summed E-state index contributed by atoms with van der Waals surface area (Å²) in [5.74, 6) is 3.07. The van der Waals surface area contributed by atoms with Gasteiger partial charge < -0.3 is 14.0 Å². The van der Waals surface area contributed by atoms with Gasteiger partial charge in [-0.2, -0.15) is 0 Å². The highest BCUT2D eigenvalue weighted by Gasteiger charge is 2.27. The Kier molecular flexibility index (Phi) is 4.39. The lowest BCUT2D eigenvalue weighted by atomic mass is 10.2. The van der Waals surface area contributed by atoms with E-state index in [-0.39, 0.29) is 6.10 Å². The minimum atomic E-state index is -0.261. The van der Waals surface area contributed by atoms with E-state index in [4.69, 9.17) is 21.1 Å². The second-order valence-electron chi connectivity index (χ2n) is 5.26. The van der Waals surface area contributed by atoms with Crippen LogP contribution in [0.2, 0.25) is 4.34 Å². The second kappa shape index (κ2) is 6.66. The zero-order chi connectivity index (χ0) is 16.5. The van der Waals surface area contributed by atoms with Crippen LogP contribution in [-0.2, 0) is 12.8 Å². The molecule has 1 unspecified atom stereocenters. The van der Waals surface area contributed by atoms with Crippen LogP contribution in [0.4, 0.5) is 0 Å². The summed E-state index contributed by atoms with van der Waals surface area (Å²) in [6, 6.07) is 11.6. The summed E-state index contributed by atoms with van der Waals surface area (Å²) in [4.78, 5) is 1.21. The van der Waals surface area contributed by atoms with Crippen LogP contribution in [0.5, 0.6) is 11.5 Å². The van der Waals surface area contributed by atoms with Crippen molar-refractivity contribution in [2.75, 3.05) is 6.61 Å². The Labute approximate surface area is 152 Å². The first-order valence-corrected chi connectivity index (χ1v) is 9.53. The lowest BCUT2D eigenvalue weighted by Crippen LogP contribution is -2.24. The van der Waals surface area contributed by atoms with Gasteiger partial charge in [0.2, 0.25) is 0 Å². The summed E-state index contributed by atoms with van der Waals surface area (Å²) < 4.78 is 14.5. The number of nitrogens with zero attached hydrogens (tertiary/aromatic N) is 3. The van der Waals surface area contributed by atoms with Crippen molar-refractivity contribution in [3.05, 3.63) is 51.4 Å². The Hall–Kier alpha value is -1.70. The number of fused-ring (bicyclic) bond motifs is 1. The molecule has 3 heterocycles. The van der Waals surface area contributed by atoms with E-state index in [0.717, 1.165) is 32.6 Å². The van der Waals surface area contributed by atoms with Crippen molar-refractivity contribution in [2.24, 2.45) is 7.05 Å². The minimum absolute atomic E-state index is 0.261. The third-order valence-electron chi connectivity index (χ3n) is 3.64.